The van der Waals surface area contributed by atoms with Crippen molar-refractivity contribution in [2.24, 2.45) is 46.8 Å². The molecule has 0 bridgehead atoms. The van der Waals surface area contributed by atoms with E-state index in [0.29, 0.717) is 12.5 Å². The molecule has 1 aromatic rings. The summed E-state index contributed by atoms with van der Waals surface area (Å²) < 4.78 is 0. The third kappa shape index (κ3) is 3.41. The van der Waals surface area contributed by atoms with Gasteiger partial charge in [0, 0.05) is 19.2 Å². The molecule has 3 heteroatoms. The van der Waals surface area contributed by atoms with Gasteiger partial charge in [0.2, 0.25) is 5.91 Å². The third-order valence-electron chi connectivity index (χ3n) is 10.0. The lowest BCUT2D eigenvalue weighted by molar-refractivity contribution is -0.142. The normalized spacial score (nSPS) is 42.7. The van der Waals surface area contributed by atoms with Gasteiger partial charge < -0.3 is 4.90 Å². The summed E-state index contributed by atoms with van der Waals surface area (Å²) in [6.45, 7) is 5.58. The maximum Gasteiger partial charge on any atom is 0.226 e. The molecule has 1 aromatic heterocycles. The van der Waals surface area contributed by atoms with Crippen LogP contribution in [0.3, 0.4) is 0 Å². The number of rotatable bonds is 3. The second-order valence-corrected chi connectivity index (χ2v) is 11.5. The predicted octanol–water partition coefficient (Wildman–Crippen LogP) is 5.94. The molecule has 0 saturated heterocycles. The van der Waals surface area contributed by atoms with Crippen LogP contribution >= 0.6 is 0 Å². The quantitative estimate of drug-likeness (QED) is 0.619. The topological polar surface area (TPSA) is 33.2 Å². The molecule has 4 aliphatic rings. The molecule has 30 heavy (non-hydrogen) atoms. The summed E-state index contributed by atoms with van der Waals surface area (Å²) in [7, 11) is 1.98. The van der Waals surface area contributed by atoms with Crippen LogP contribution in [0.15, 0.2) is 24.4 Å². The summed E-state index contributed by atoms with van der Waals surface area (Å²) in [6, 6.07) is 5.98. The van der Waals surface area contributed by atoms with Gasteiger partial charge in [-0.15, -0.1) is 0 Å². The van der Waals surface area contributed by atoms with Crippen LogP contribution in [0.1, 0.15) is 77.3 Å². The Labute approximate surface area is 183 Å². The first-order valence-corrected chi connectivity index (χ1v) is 12.6. The number of carbonyl (C=O) groups excluding carboxylic acids is 1. The molecule has 7 unspecified atom stereocenters. The van der Waals surface area contributed by atoms with E-state index in [1.54, 1.807) is 0 Å². The summed E-state index contributed by atoms with van der Waals surface area (Å²) in [5.41, 5.74) is 1.20. The van der Waals surface area contributed by atoms with Gasteiger partial charge in [0.25, 0.3) is 0 Å². The highest BCUT2D eigenvalue weighted by Crippen LogP contribution is 2.64. The van der Waals surface area contributed by atoms with Crippen LogP contribution in [-0.4, -0.2) is 22.8 Å². The fourth-order valence-electron chi connectivity index (χ4n) is 8.57. The fraction of sp³-hybridized carbons (Fsp3) is 0.778. The molecule has 8 atom stereocenters. The van der Waals surface area contributed by atoms with Crippen molar-refractivity contribution in [3.63, 3.8) is 0 Å². The Kier molecular flexibility index (Phi) is 5.44. The molecule has 4 saturated carbocycles. The van der Waals surface area contributed by atoms with E-state index in [2.05, 4.69) is 18.8 Å². The highest BCUT2D eigenvalue weighted by Gasteiger charge is 2.58. The van der Waals surface area contributed by atoms with Gasteiger partial charge in [-0.1, -0.05) is 26.3 Å². The number of carbonyl (C=O) groups is 1. The minimum Gasteiger partial charge on any atom is -0.340 e. The van der Waals surface area contributed by atoms with E-state index >= 15 is 0 Å². The van der Waals surface area contributed by atoms with Crippen LogP contribution < -0.4 is 0 Å². The second kappa shape index (κ2) is 7.95. The molecule has 0 spiro atoms. The zero-order valence-electron chi connectivity index (χ0n) is 19.2. The molecule has 0 N–H and O–H groups in total. The van der Waals surface area contributed by atoms with E-state index < -0.39 is 0 Å². The SMILES string of the molecule is CC1CCC2C(CCC3C2CCC2(C)C3CC[C@@H]2C(=O)N(C)Cc2ccccn2)C1. The Morgan fingerprint density at radius 3 is 2.70 bits per heavy atom. The largest absolute Gasteiger partial charge is 0.340 e. The lowest BCUT2D eigenvalue weighted by atomic mass is 9.49. The van der Waals surface area contributed by atoms with Gasteiger partial charge in [0.1, 0.15) is 0 Å². The zero-order valence-corrected chi connectivity index (χ0v) is 19.2. The van der Waals surface area contributed by atoms with Crippen LogP contribution in [-0.2, 0) is 11.3 Å². The van der Waals surface area contributed by atoms with Gasteiger partial charge in [-0.3, -0.25) is 9.78 Å². The average Bonchev–Trinajstić information content (AvgIpc) is 3.10. The fourth-order valence-corrected chi connectivity index (χ4v) is 8.57. The summed E-state index contributed by atoms with van der Waals surface area (Å²) in [6.07, 6.45) is 14.1. The number of aromatic nitrogens is 1. The minimum absolute atomic E-state index is 0.210. The number of hydrogen-bond acceptors (Lipinski definition) is 2. The molecule has 4 aliphatic carbocycles. The molecule has 3 nitrogen and oxygen atoms in total. The van der Waals surface area contributed by atoms with Crippen LogP contribution in [0.25, 0.3) is 0 Å². The minimum atomic E-state index is 0.210. The smallest absolute Gasteiger partial charge is 0.226 e. The lowest BCUT2D eigenvalue weighted by Gasteiger charge is -2.56. The van der Waals surface area contributed by atoms with Gasteiger partial charge >= 0.3 is 0 Å². The van der Waals surface area contributed by atoms with Gasteiger partial charge in [-0.25, -0.2) is 0 Å². The van der Waals surface area contributed by atoms with Gasteiger partial charge in [0.15, 0.2) is 0 Å². The van der Waals surface area contributed by atoms with Crippen LogP contribution in [0.5, 0.6) is 0 Å². The number of amides is 1. The second-order valence-electron chi connectivity index (χ2n) is 11.5. The number of pyridine rings is 1. The maximum absolute atomic E-state index is 13.5. The summed E-state index contributed by atoms with van der Waals surface area (Å²) in [4.78, 5) is 19.9. The molecule has 5 rings (SSSR count). The first-order valence-electron chi connectivity index (χ1n) is 12.6. The molecular weight excluding hydrogens is 368 g/mol. The lowest BCUT2D eigenvalue weighted by Crippen LogP contribution is -2.50. The summed E-state index contributed by atoms with van der Waals surface area (Å²) in [5.74, 6) is 6.12. The van der Waals surface area contributed by atoms with Crippen molar-refractivity contribution < 1.29 is 4.79 Å². The van der Waals surface area contributed by atoms with Crippen molar-refractivity contribution in [1.29, 1.82) is 0 Å². The maximum atomic E-state index is 13.5. The Balaban J connectivity index is 1.30. The van der Waals surface area contributed by atoms with Gasteiger partial charge in [-0.05, 0) is 104 Å². The third-order valence-corrected chi connectivity index (χ3v) is 10.0. The van der Waals surface area contributed by atoms with E-state index in [1.807, 2.05) is 36.3 Å². The zero-order chi connectivity index (χ0) is 20.9. The molecule has 0 radical (unpaired) electrons. The summed E-state index contributed by atoms with van der Waals surface area (Å²) >= 11 is 0. The highest BCUT2D eigenvalue weighted by atomic mass is 16.2. The highest BCUT2D eigenvalue weighted by molar-refractivity contribution is 5.80. The van der Waals surface area contributed by atoms with Crippen molar-refractivity contribution in [3.05, 3.63) is 30.1 Å². The Bertz CT molecular complexity index is 763. The Hall–Kier alpha value is -1.38. The van der Waals surface area contributed by atoms with Crippen LogP contribution in [0, 0.1) is 46.8 Å². The number of fused-ring (bicyclic) bond motifs is 5. The molecule has 0 aliphatic heterocycles. The number of hydrogen-bond donors (Lipinski definition) is 0. The van der Waals surface area contributed by atoms with Gasteiger partial charge in [-0.2, -0.15) is 0 Å². The molecule has 164 valence electrons. The Morgan fingerprint density at radius 1 is 1.07 bits per heavy atom. The van der Waals surface area contributed by atoms with Crippen LogP contribution in [0.4, 0.5) is 0 Å². The molecule has 1 heterocycles. The van der Waals surface area contributed by atoms with Crippen molar-refractivity contribution >= 4 is 5.91 Å². The van der Waals surface area contributed by atoms with Crippen molar-refractivity contribution in [2.75, 3.05) is 7.05 Å². The van der Waals surface area contributed by atoms with E-state index in [1.165, 1.54) is 51.4 Å². The molecule has 4 fully saturated rings. The first kappa shape index (κ1) is 20.5. The Morgan fingerprint density at radius 2 is 1.90 bits per heavy atom. The standard InChI is InChI=1S/C27H40N2O/c1-18-7-9-21-19(16-18)8-10-23-22(21)13-14-27(2)24(23)11-12-25(27)26(30)29(3)17-20-6-4-5-15-28-20/h4-6,15,18-19,21-25H,7-14,16-17H2,1-3H3/t18?,19?,21?,22?,23?,24?,25-,27?/m1/s1. The van der Waals surface area contributed by atoms with Crippen molar-refractivity contribution in [2.45, 2.75) is 78.2 Å². The van der Waals surface area contributed by atoms with E-state index in [-0.39, 0.29) is 11.3 Å². The predicted molar refractivity (Wildman–Crippen MR) is 120 cm³/mol. The summed E-state index contributed by atoms with van der Waals surface area (Å²) in [5, 5.41) is 0. The first-order chi connectivity index (χ1) is 14.5. The van der Waals surface area contributed by atoms with Gasteiger partial charge in [0.05, 0.1) is 12.2 Å². The van der Waals surface area contributed by atoms with E-state index in [0.717, 1.165) is 47.6 Å². The van der Waals surface area contributed by atoms with Crippen molar-refractivity contribution in [3.8, 4) is 0 Å². The molecule has 1 amide bonds. The molecule has 0 aromatic carbocycles. The van der Waals surface area contributed by atoms with E-state index in [4.69, 9.17) is 0 Å². The van der Waals surface area contributed by atoms with E-state index in [9.17, 15) is 4.79 Å². The number of nitrogens with zero attached hydrogens (tertiary/aromatic N) is 2. The average molecular weight is 409 g/mol. The molecular formula is C27H40N2O. The monoisotopic (exact) mass is 408 g/mol. The van der Waals surface area contributed by atoms with Crippen LogP contribution in [0.2, 0.25) is 0 Å². The van der Waals surface area contributed by atoms with Crippen molar-refractivity contribution in [1.82, 2.24) is 9.88 Å².